The number of benzene rings is 1. The van der Waals surface area contributed by atoms with Gasteiger partial charge in [-0.2, -0.15) is 0 Å². The first-order valence-corrected chi connectivity index (χ1v) is 7.81. The number of nitrogens with zero attached hydrogens (tertiary/aromatic N) is 1. The molecule has 3 rings (SSSR count). The molecule has 1 aliphatic rings. The van der Waals surface area contributed by atoms with Gasteiger partial charge in [0.2, 0.25) is 0 Å². The van der Waals surface area contributed by atoms with Gasteiger partial charge in [-0.25, -0.2) is 0 Å². The fourth-order valence-corrected chi connectivity index (χ4v) is 3.98. The number of aromatic nitrogens is 1. The fraction of sp³-hybridized carbons (Fsp3) is 0.357. The Bertz CT molecular complexity index is 623. The summed E-state index contributed by atoms with van der Waals surface area (Å²) in [7, 11) is 0. The van der Waals surface area contributed by atoms with Gasteiger partial charge in [0, 0.05) is 25.7 Å². The molecule has 0 spiro atoms. The van der Waals surface area contributed by atoms with Crippen molar-refractivity contribution in [3.05, 3.63) is 32.3 Å². The highest BCUT2D eigenvalue weighted by Gasteiger charge is 2.16. The van der Waals surface area contributed by atoms with Gasteiger partial charge in [-0.05, 0) is 59.3 Å². The SMILES string of the molecule is Nc1c2c(nc3c(Br)cc(Br)cc13)CCCCC2. The molecule has 4 heteroatoms. The van der Waals surface area contributed by atoms with Gasteiger partial charge in [0.15, 0.2) is 0 Å². The van der Waals surface area contributed by atoms with E-state index in [9.17, 15) is 0 Å². The molecule has 1 aromatic carbocycles. The zero-order valence-electron chi connectivity index (χ0n) is 9.97. The minimum Gasteiger partial charge on any atom is -0.398 e. The fourth-order valence-electron chi connectivity index (χ4n) is 2.66. The Balaban J connectivity index is 2.34. The summed E-state index contributed by atoms with van der Waals surface area (Å²) in [4.78, 5) is 4.83. The van der Waals surface area contributed by atoms with Crippen LogP contribution >= 0.6 is 31.9 Å². The molecule has 0 amide bonds. The molecule has 0 saturated carbocycles. The highest BCUT2D eigenvalue weighted by atomic mass is 79.9. The summed E-state index contributed by atoms with van der Waals surface area (Å²) in [6, 6.07) is 4.09. The maximum atomic E-state index is 6.37. The second-order valence-electron chi connectivity index (χ2n) is 4.80. The Morgan fingerprint density at radius 2 is 1.83 bits per heavy atom. The quantitative estimate of drug-likeness (QED) is 0.688. The average Bonchev–Trinajstić information content (AvgIpc) is 2.56. The Kier molecular flexibility index (Phi) is 3.32. The van der Waals surface area contributed by atoms with Crippen molar-refractivity contribution in [3.8, 4) is 0 Å². The Labute approximate surface area is 123 Å². The van der Waals surface area contributed by atoms with Crippen LogP contribution in [0.5, 0.6) is 0 Å². The number of hydrogen-bond acceptors (Lipinski definition) is 2. The largest absolute Gasteiger partial charge is 0.398 e. The highest BCUT2D eigenvalue weighted by Crippen LogP contribution is 2.35. The highest BCUT2D eigenvalue weighted by molar-refractivity contribution is 9.11. The summed E-state index contributed by atoms with van der Waals surface area (Å²) in [5.74, 6) is 0. The Morgan fingerprint density at radius 3 is 2.67 bits per heavy atom. The van der Waals surface area contributed by atoms with Crippen LogP contribution in [0.2, 0.25) is 0 Å². The number of halogens is 2. The van der Waals surface area contributed by atoms with Crippen molar-refractivity contribution < 1.29 is 0 Å². The first-order chi connectivity index (χ1) is 8.66. The molecule has 2 nitrogen and oxygen atoms in total. The van der Waals surface area contributed by atoms with E-state index in [1.165, 1.54) is 30.5 Å². The van der Waals surface area contributed by atoms with Gasteiger partial charge in [-0.15, -0.1) is 0 Å². The molecule has 18 heavy (non-hydrogen) atoms. The van der Waals surface area contributed by atoms with Crippen molar-refractivity contribution in [2.45, 2.75) is 32.1 Å². The zero-order valence-corrected chi connectivity index (χ0v) is 13.1. The number of nitrogen functional groups attached to an aromatic ring is 1. The summed E-state index contributed by atoms with van der Waals surface area (Å²) >= 11 is 7.10. The molecule has 0 unspecified atom stereocenters. The topological polar surface area (TPSA) is 38.9 Å². The Morgan fingerprint density at radius 1 is 1.06 bits per heavy atom. The molecule has 2 N–H and O–H groups in total. The lowest BCUT2D eigenvalue weighted by molar-refractivity contribution is 0.709. The van der Waals surface area contributed by atoms with E-state index in [1.54, 1.807) is 0 Å². The minimum absolute atomic E-state index is 0.916. The van der Waals surface area contributed by atoms with Gasteiger partial charge >= 0.3 is 0 Å². The van der Waals surface area contributed by atoms with E-state index >= 15 is 0 Å². The first-order valence-electron chi connectivity index (χ1n) is 6.23. The van der Waals surface area contributed by atoms with E-state index in [1.807, 2.05) is 6.07 Å². The molecule has 0 aliphatic heterocycles. The lowest BCUT2D eigenvalue weighted by Gasteiger charge is -2.13. The second kappa shape index (κ2) is 4.82. The van der Waals surface area contributed by atoms with E-state index in [2.05, 4.69) is 37.9 Å². The van der Waals surface area contributed by atoms with Crippen LogP contribution in [0, 0.1) is 0 Å². The van der Waals surface area contributed by atoms with Crippen molar-refractivity contribution in [1.29, 1.82) is 0 Å². The zero-order chi connectivity index (χ0) is 12.7. The van der Waals surface area contributed by atoms with Gasteiger partial charge in [0.25, 0.3) is 0 Å². The van der Waals surface area contributed by atoms with Crippen LogP contribution in [0.4, 0.5) is 5.69 Å². The molecule has 0 fully saturated rings. The summed E-state index contributed by atoms with van der Waals surface area (Å²) in [5, 5.41) is 1.05. The van der Waals surface area contributed by atoms with E-state index in [-0.39, 0.29) is 0 Å². The van der Waals surface area contributed by atoms with Crippen LogP contribution in [-0.4, -0.2) is 4.98 Å². The normalized spacial score (nSPS) is 15.4. The maximum Gasteiger partial charge on any atom is 0.0868 e. The monoisotopic (exact) mass is 368 g/mol. The van der Waals surface area contributed by atoms with Crippen LogP contribution in [-0.2, 0) is 12.8 Å². The predicted octanol–water partition coefficient (Wildman–Crippen LogP) is 4.61. The molecule has 1 heterocycles. The lowest BCUT2D eigenvalue weighted by atomic mass is 10.0. The number of nitrogens with two attached hydrogens (primary N) is 1. The third-order valence-corrected chi connectivity index (χ3v) is 4.64. The second-order valence-corrected chi connectivity index (χ2v) is 6.57. The van der Waals surface area contributed by atoms with Crippen LogP contribution in [0.3, 0.4) is 0 Å². The van der Waals surface area contributed by atoms with Crippen molar-refractivity contribution in [2.24, 2.45) is 0 Å². The molecule has 0 bridgehead atoms. The summed E-state index contributed by atoms with van der Waals surface area (Å²) in [6.07, 6.45) is 5.84. The molecule has 0 radical (unpaired) electrons. The minimum atomic E-state index is 0.916. The van der Waals surface area contributed by atoms with Crippen LogP contribution in [0.25, 0.3) is 10.9 Å². The van der Waals surface area contributed by atoms with Gasteiger partial charge < -0.3 is 5.73 Å². The number of rotatable bonds is 0. The molecular formula is C14H14Br2N2. The van der Waals surface area contributed by atoms with Crippen LogP contribution in [0.1, 0.15) is 30.5 Å². The van der Waals surface area contributed by atoms with Crippen molar-refractivity contribution in [3.63, 3.8) is 0 Å². The summed E-state index contributed by atoms with van der Waals surface area (Å²) in [6.45, 7) is 0. The van der Waals surface area contributed by atoms with E-state index in [0.29, 0.717) is 0 Å². The molecule has 0 atom stereocenters. The lowest BCUT2D eigenvalue weighted by Crippen LogP contribution is -2.03. The molecule has 1 aliphatic carbocycles. The number of hydrogen-bond donors (Lipinski definition) is 1. The Hall–Kier alpha value is -0.610. The van der Waals surface area contributed by atoms with Crippen LogP contribution in [0.15, 0.2) is 21.1 Å². The number of pyridine rings is 1. The smallest absolute Gasteiger partial charge is 0.0868 e. The first kappa shape index (κ1) is 12.4. The van der Waals surface area contributed by atoms with Gasteiger partial charge in [0.1, 0.15) is 0 Å². The third kappa shape index (κ3) is 2.05. The number of anilines is 1. The van der Waals surface area contributed by atoms with Crippen molar-refractivity contribution in [2.75, 3.05) is 5.73 Å². The number of fused-ring (bicyclic) bond motifs is 2. The van der Waals surface area contributed by atoms with Crippen molar-refractivity contribution >= 4 is 48.5 Å². The third-order valence-electron chi connectivity index (χ3n) is 3.58. The van der Waals surface area contributed by atoms with E-state index in [0.717, 1.165) is 38.4 Å². The van der Waals surface area contributed by atoms with Crippen molar-refractivity contribution in [1.82, 2.24) is 4.98 Å². The molecule has 2 aromatic rings. The average molecular weight is 370 g/mol. The maximum absolute atomic E-state index is 6.37. The summed E-state index contributed by atoms with van der Waals surface area (Å²) < 4.78 is 2.04. The molecule has 1 aromatic heterocycles. The van der Waals surface area contributed by atoms with Gasteiger partial charge in [-0.1, -0.05) is 22.4 Å². The summed E-state index contributed by atoms with van der Waals surface area (Å²) in [5.41, 5.74) is 10.7. The van der Waals surface area contributed by atoms with E-state index < -0.39 is 0 Å². The van der Waals surface area contributed by atoms with Gasteiger partial charge in [0.05, 0.1) is 5.52 Å². The van der Waals surface area contributed by atoms with Gasteiger partial charge in [-0.3, -0.25) is 4.98 Å². The number of aryl methyl sites for hydroxylation is 1. The predicted molar refractivity (Wildman–Crippen MR) is 82.8 cm³/mol. The van der Waals surface area contributed by atoms with E-state index in [4.69, 9.17) is 10.7 Å². The molecule has 0 saturated heterocycles. The standard InChI is InChI=1S/C14H14Br2N2/c15-8-6-10-13(17)9-4-2-1-3-5-12(9)18-14(10)11(16)7-8/h6-7H,1-5H2,(H2,17,18). The molecule has 94 valence electrons. The molecular weight excluding hydrogens is 356 g/mol. The van der Waals surface area contributed by atoms with Crippen LogP contribution < -0.4 is 5.73 Å².